The zero-order valence-electron chi connectivity index (χ0n) is 16.4. The fourth-order valence-corrected chi connectivity index (χ4v) is 2.82. The molecule has 96 valence electrons. The molecule has 0 fully saturated rings. The van der Waals surface area contributed by atoms with Crippen molar-refractivity contribution in [2.75, 3.05) is 0 Å². The first kappa shape index (κ1) is 33.5. The first-order valence-electron chi connectivity index (χ1n) is 2.28. The van der Waals surface area contributed by atoms with Crippen molar-refractivity contribution in [3.63, 3.8) is 0 Å². The van der Waals surface area contributed by atoms with E-state index < -0.39 is 23.5 Å². The van der Waals surface area contributed by atoms with Gasteiger partial charge in [0.1, 0.15) is 0 Å². The summed E-state index contributed by atoms with van der Waals surface area (Å²) in [5, 5.41) is 0. The molecule has 0 unspecified atom stereocenters. The van der Waals surface area contributed by atoms with E-state index in [4.69, 9.17) is 24.5 Å². The van der Waals surface area contributed by atoms with Crippen molar-refractivity contribution >= 4 is 160 Å². The molecule has 0 aromatic rings. The molecule has 0 aliphatic heterocycles. The van der Waals surface area contributed by atoms with Gasteiger partial charge in [-0.25, -0.2) is 13.7 Å². The summed E-state index contributed by atoms with van der Waals surface area (Å²) in [6, 6.07) is 0. The third-order valence-corrected chi connectivity index (χ3v) is 3.77. The van der Waals surface area contributed by atoms with Gasteiger partial charge in [-0.3, -0.25) is 0 Å². The molecular formula is H13Ca3MgO10P3. The Hall–Kier alpha value is 4.96. The maximum absolute atomic E-state index is 10.4. The first-order chi connectivity index (χ1) is 5.41. The molecule has 0 radical (unpaired) electrons. The van der Waals surface area contributed by atoms with Crippen LogP contribution in [-0.2, 0) is 22.3 Å². The van der Waals surface area contributed by atoms with E-state index >= 15 is 0 Å². The van der Waals surface area contributed by atoms with E-state index in [1.807, 2.05) is 0 Å². The molecule has 10 nitrogen and oxygen atoms in total. The Bertz CT molecular complexity index is 311. The summed E-state index contributed by atoms with van der Waals surface area (Å²) in [5.41, 5.74) is 0. The monoisotopic (exact) mass is 410 g/mol. The molecule has 0 saturated carbocycles. The average Bonchev–Trinajstić information content (AvgIpc) is 1.43. The molecule has 17 heteroatoms. The standard InChI is InChI=1S/3Ca.Mg.H5O10P3.8H/c;;;;1-11(2,3)9-13(7,8)10-12(4,5)6;;;;;;;;/h;;;;(H,7,8)(H2,1,2,3)(H2,4,5,6);;;;;;;;/q4*+2;;8*-1. The number of phosphoric acid groups is 3. The second kappa shape index (κ2) is 13.4. The molecular weight excluding hydrogens is 397 g/mol. The molecule has 0 bridgehead atoms. The minimum atomic E-state index is -5.46. The molecule has 0 spiro atoms. The molecule has 0 aromatic carbocycles. The minimum absolute atomic E-state index is 0. The van der Waals surface area contributed by atoms with Gasteiger partial charge in [-0.15, -0.1) is 0 Å². The van der Waals surface area contributed by atoms with Crippen LogP contribution in [0.1, 0.15) is 11.4 Å². The van der Waals surface area contributed by atoms with Crippen LogP contribution in [0.25, 0.3) is 0 Å². The van der Waals surface area contributed by atoms with Crippen LogP contribution in [-0.4, -0.2) is 161 Å². The summed E-state index contributed by atoms with van der Waals surface area (Å²) in [5.74, 6) is 0. The summed E-state index contributed by atoms with van der Waals surface area (Å²) in [4.78, 5) is 40.2. The van der Waals surface area contributed by atoms with E-state index in [1.54, 1.807) is 0 Å². The summed E-state index contributed by atoms with van der Waals surface area (Å²) in [7, 11) is -16.2. The van der Waals surface area contributed by atoms with E-state index in [1.165, 1.54) is 0 Å². The number of hydrogen-bond donors (Lipinski definition) is 5. The molecule has 0 heterocycles. The number of hydrogen-bond acceptors (Lipinski definition) is 5. The summed E-state index contributed by atoms with van der Waals surface area (Å²) >= 11 is 0. The van der Waals surface area contributed by atoms with Gasteiger partial charge in [0.25, 0.3) is 0 Å². The second-order valence-corrected chi connectivity index (χ2v) is 5.82. The molecule has 0 aliphatic carbocycles. The van der Waals surface area contributed by atoms with Crippen molar-refractivity contribution in [3.05, 3.63) is 0 Å². The predicted octanol–water partition coefficient (Wildman–Crippen LogP) is -1.32. The summed E-state index contributed by atoms with van der Waals surface area (Å²) < 4.78 is 36.4. The second-order valence-electron chi connectivity index (χ2n) is 1.61. The third-order valence-electron chi connectivity index (χ3n) is 0.419. The molecule has 0 atom stereocenters. The Morgan fingerprint density at radius 3 is 1.00 bits per heavy atom. The smallest absolute Gasteiger partial charge is 1.00 e. The molecule has 17 heavy (non-hydrogen) atoms. The average molecular weight is 411 g/mol. The van der Waals surface area contributed by atoms with E-state index in [0.717, 1.165) is 0 Å². The van der Waals surface area contributed by atoms with Crippen LogP contribution in [0.4, 0.5) is 0 Å². The van der Waals surface area contributed by atoms with E-state index in [9.17, 15) is 13.7 Å². The van der Waals surface area contributed by atoms with Crippen LogP contribution >= 0.6 is 23.5 Å². The Morgan fingerprint density at radius 2 is 0.882 bits per heavy atom. The van der Waals surface area contributed by atoms with Crippen molar-refractivity contribution in [1.82, 2.24) is 0 Å². The molecule has 0 rings (SSSR count). The van der Waals surface area contributed by atoms with Gasteiger partial charge in [-0.2, -0.15) is 8.62 Å². The molecule has 5 N–H and O–H groups in total. The maximum Gasteiger partial charge on any atom is 2.00 e. The maximum atomic E-state index is 10.4. The van der Waals surface area contributed by atoms with Gasteiger partial charge in [-0.05, 0) is 0 Å². The van der Waals surface area contributed by atoms with Crippen molar-refractivity contribution in [3.8, 4) is 0 Å². The SMILES string of the molecule is O=P(O)(O)OP(=O)(O)OP(=O)(O)O.[Ca+2].[Ca+2].[Ca+2].[H-].[H-].[H-].[H-].[H-].[H-].[H-].[H-].[Mg+2]. The molecule has 0 aromatic heterocycles. The van der Waals surface area contributed by atoms with Crippen molar-refractivity contribution in [1.29, 1.82) is 0 Å². The fraction of sp³-hybridized carbons (Fsp3) is 0. The van der Waals surface area contributed by atoms with Crippen LogP contribution in [0, 0.1) is 0 Å². The van der Waals surface area contributed by atoms with Gasteiger partial charge in [0.2, 0.25) is 0 Å². The first-order valence-corrected chi connectivity index (χ1v) is 6.83. The zero-order chi connectivity index (χ0) is 10.9. The quantitative estimate of drug-likeness (QED) is 0.276. The minimum Gasteiger partial charge on any atom is -1.00 e. The molecule has 0 amide bonds. The largest absolute Gasteiger partial charge is 2.00 e. The summed E-state index contributed by atoms with van der Waals surface area (Å²) in [6.07, 6.45) is 0. The van der Waals surface area contributed by atoms with Gasteiger partial charge in [-0.1, -0.05) is 0 Å². The van der Waals surface area contributed by atoms with Gasteiger partial charge in [0, 0.05) is 0 Å². The summed E-state index contributed by atoms with van der Waals surface area (Å²) in [6.45, 7) is 0. The Kier molecular flexibility index (Phi) is 26.4. The Balaban J connectivity index is -0.0000000109. The van der Waals surface area contributed by atoms with Gasteiger partial charge >= 0.3 is 160 Å². The van der Waals surface area contributed by atoms with Gasteiger partial charge in [0.05, 0.1) is 0 Å². The molecule has 0 saturated heterocycles. The normalized spacial score (nSPS) is 11.1. The van der Waals surface area contributed by atoms with Crippen molar-refractivity contribution < 1.29 is 58.2 Å². The van der Waals surface area contributed by atoms with Crippen LogP contribution in [0.2, 0.25) is 0 Å². The molecule has 0 aliphatic rings. The van der Waals surface area contributed by atoms with E-state index in [0.29, 0.717) is 0 Å². The fourth-order valence-electron chi connectivity index (χ4n) is 0.284. The van der Waals surface area contributed by atoms with Crippen LogP contribution in [0.3, 0.4) is 0 Å². The topological polar surface area (TPSA) is 171 Å². The van der Waals surface area contributed by atoms with Crippen molar-refractivity contribution in [2.45, 2.75) is 0 Å². The number of rotatable bonds is 4. The van der Waals surface area contributed by atoms with Gasteiger partial charge in [0.15, 0.2) is 0 Å². The van der Waals surface area contributed by atoms with E-state index in [2.05, 4.69) is 8.62 Å². The van der Waals surface area contributed by atoms with Crippen LogP contribution in [0.15, 0.2) is 0 Å². The van der Waals surface area contributed by atoms with E-state index in [-0.39, 0.29) is 148 Å². The van der Waals surface area contributed by atoms with Crippen LogP contribution < -0.4 is 0 Å². The Labute approximate surface area is 214 Å². The van der Waals surface area contributed by atoms with Gasteiger partial charge < -0.3 is 35.9 Å². The van der Waals surface area contributed by atoms with Crippen molar-refractivity contribution in [2.24, 2.45) is 0 Å². The predicted molar refractivity (Wildman–Crippen MR) is 68.0 cm³/mol. The third kappa shape index (κ3) is 26.2. The van der Waals surface area contributed by atoms with Crippen LogP contribution in [0.5, 0.6) is 0 Å². The zero-order valence-corrected chi connectivity index (χ0v) is 19.2. The Morgan fingerprint density at radius 1 is 0.706 bits per heavy atom.